The van der Waals surface area contributed by atoms with Gasteiger partial charge in [-0.15, -0.1) is 0 Å². The average molecular weight is 415 g/mol. The smallest absolute Gasteiger partial charge is 0.280 e. The maximum Gasteiger partial charge on any atom is 0.280 e. The number of hydrogen-bond acceptors (Lipinski definition) is 7. The Morgan fingerprint density at radius 1 is 1.16 bits per heavy atom. The van der Waals surface area contributed by atoms with E-state index >= 15 is 0 Å². The van der Waals surface area contributed by atoms with Crippen molar-refractivity contribution >= 4 is 22.9 Å². The molecule has 1 aromatic carbocycles. The molecule has 4 heterocycles. The monoisotopic (exact) mass is 415 g/mol. The molecule has 0 bridgehead atoms. The van der Waals surface area contributed by atoms with Crippen LogP contribution in [-0.2, 0) is 13.6 Å². The Kier molecular flexibility index (Phi) is 3.86. The van der Waals surface area contributed by atoms with E-state index < -0.39 is 0 Å². The number of piperidine rings is 1. The number of aryl methyl sites for hydroxylation is 1. The van der Waals surface area contributed by atoms with Crippen molar-refractivity contribution < 1.29 is 4.52 Å². The van der Waals surface area contributed by atoms with Crippen molar-refractivity contribution in [2.75, 3.05) is 18.0 Å². The Hall–Kier alpha value is -3.75. The standard InChI is InChI=1S/C22H21N7O2/c1-3-13-4-6-14(7-5-13)28-8-15-16(9-28)18(15)20-25-17(31-26-20)10-29-12-24-21-19(22(29)30)27(2)11-23-21/h3-7,11-12,15-16,18H,1,8-10H2,2H3. The summed E-state index contributed by atoms with van der Waals surface area (Å²) in [4.78, 5) is 28.0. The van der Waals surface area contributed by atoms with Gasteiger partial charge in [0.25, 0.3) is 5.56 Å². The van der Waals surface area contributed by atoms with E-state index in [0.29, 0.717) is 34.8 Å². The molecule has 0 N–H and O–H groups in total. The normalized spacial score (nSPS) is 22.1. The van der Waals surface area contributed by atoms with Crippen LogP contribution in [0.4, 0.5) is 5.69 Å². The molecule has 3 aromatic heterocycles. The zero-order valence-corrected chi connectivity index (χ0v) is 17.0. The van der Waals surface area contributed by atoms with Crippen LogP contribution in [0.5, 0.6) is 0 Å². The van der Waals surface area contributed by atoms with E-state index in [1.54, 1.807) is 17.9 Å². The third kappa shape index (κ3) is 2.88. The molecule has 1 saturated carbocycles. The summed E-state index contributed by atoms with van der Waals surface area (Å²) in [6.07, 6.45) is 4.91. The van der Waals surface area contributed by atoms with Crippen LogP contribution in [0.1, 0.15) is 23.2 Å². The van der Waals surface area contributed by atoms with Gasteiger partial charge in [-0.3, -0.25) is 9.36 Å². The van der Waals surface area contributed by atoms with E-state index in [1.165, 1.54) is 16.6 Å². The minimum absolute atomic E-state index is 0.175. The van der Waals surface area contributed by atoms with E-state index in [-0.39, 0.29) is 12.1 Å². The van der Waals surface area contributed by atoms with Gasteiger partial charge >= 0.3 is 0 Å². The summed E-state index contributed by atoms with van der Waals surface area (Å²) < 4.78 is 8.60. The van der Waals surface area contributed by atoms with Crippen LogP contribution in [-0.4, -0.2) is 42.3 Å². The van der Waals surface area contributed by atoms with Crippen molar-refractivity contribution in [3.05, 3.63) is 71.1 Å². The minimum Gasteiger partial charge on any atom is -0.371 e. The number of hydrogen-bond donors (Lipinski definition) is 0. The molecule has 2 aliphatic rings. The van der Waals surface area contributed by atoms with E-state index in [0.717, 1.165) is 24.5 Å². The molecular formula is C22H21N7O2. The quantitative estimate of drug-likeness (QED) is 0.492. The molecule has 9 nitrogen and oxygen atoms in total. The van der Waals surface area contributed by atoms with Gasteiger partial charge in [-0.2, -0.15) is 4.98 Å². The second-order valence-corrected chi connectivity index (χ2v) is 8.31. The van der Waals surface area contributed by atoms with Crippen LogP contribution in [0, 0.1) is 11.8 Å². The maximum absolute atomic E-state index is 12.7. The Bertz CT molecular complexity index is 1340. The van der Waals surface area contributed by atoms with Gasteiger partial charge in [-0.05, 0) is 29.5 Å². The lowest BCUT2D eigenvalue weighted by Crippen LogP contribution is -2.23. The number of fused-ring (bicyclic) bond motifs is 2. The Labute approximate surface area is 177 Å². The van der Waals surface area contributed by atoms with E-state index in [2.05, 4.69) is 55.9 Å². The van der Waals surface area contributed by atoms with Crippen LogP contribution in [0.3, 0.4) is 0 Å². The van der Waals surface area contributed by atoms with Crippen LogP contribution < -0.4 is 10.5 Å². The van der Waals surface area contributed by atoms with E-state index in [4.69, 9.17) is 4.52 Å². The molecule has 2 unspecified atom stereocenters. The van der Waals surface area contributed by atoms with E-state index in [9.17, 15) is 4.79 Å². The highest BCUT2D eigenvalue weighted by Gasteiger charge is 2.58. The van der Waals surface area contributed by atoms with E-state index in [1.807, 2.05) is 6.08 Å². The Morgan fingerprint density at radius 2 is 1.90 bits per heavy atom. The number of imidazole rings is 1. The lowest BCUT2D eigenvalue weighted by atomic mass is 10.2. The molecule has 0 amide bonds. The predicted octanol–water partition coefficient (Wildman–Crippen LogP) is 2.05. The van der Waals surface area contributed by atoms with Gasteiger partial charge in [0.1, 0.15) is 12.9 Å². The fraction of sp³-hybridized carbons (Fsp3) is 0.318. The molecule has 1 aliphatic heterocycles. The molecule has 0 radical (unpaired) electrons. The molecule has 0 spiro atoms. The third-order valence-electron chi connectivity index (χ3n) is 6.48. The van der Waals surface area contributed by atoms with Crippen molar-refractivity contribution in [2.24, 2.45) is 18.9 Å². The number of benzene rings is 1. The molecule has 2 fully saturated rings. The highest BCUT2D eigenvalue weighted by Crippen LogP contribution is 2.57. The fourth-order valence-corrected chi connectivity index (χ4v) is 4.74. The second-order valence-electron chi connectivity index (χ2n) is 8.31. The first-order valence-corrected chi connectivity index (χ1v) is 10.3. The topological polar surface area (TPSA) is 94.9 Å². The summed E-state index contributed by atoms with van der Waals surface area (Å²) in [7, 11) is 1.77. The van der Waals surface area contributed by atoms with Crippen molar-refractivity contribution in [2.45, 2.75) is 12.5 Å². The summed E-state index contributed by atoms with van der Waals surface area (Å²) in [6, 6.07) is 8.48. The second kappa shape index (κ2) is 6.63. The summed E-state index contributed by atoms with van der Waals surface area (Å²) in [6.45, 7) is 5.99. The average Bonchev–Trinajstić information content (AvgIpc) is 3.21. The van der Waals surface area contributed by atoms with Crippen LogP contribution in [0.25, 0.3) is 17.2 Å². The van der Waals surface area contributed by atoms with Crippen LogP contribution in [0.15, 0.2) is 52.8 Å². The number of nitrogens with zero attached hydrogens (tertiary/aromatic N) is 7. The minimum atomic E-state index is -0.175. The van der Waals surface area contributed by atoms with Crippen molar-refractivity contribution in [3.63, 3.8) is 0 Å². The molecule has 31 heavy (non-hydrogen) atoms. The molecule has 6 rings (SSSR count). The Morgan fingerprint density at radius 3 is 2.65 bits per heavy atom. The largest absolute Gasteiger partial charge is 0.371 e. The van der Waals surface area contributed by atoms with Gasteiger partial charge in [-0.25, -0.2) is 9.97 Å². The SMILES string of the molecule is C=Cc1ccc(N2CC3C(C2)C3c2noc(Cn3cnc4ncn(C)c4c3=O)n2)cc1. The van der Waals surface area contributed by atoms with Gasteiger partial charge in [0, 0.05) is 31.7 Å². The summed E-state index contributed by atoms with van der Waals surface area (Å²) in [5.74, 6) is 2.58. The first-order valence-electron chi connectivity index (χ1n) is 10.3. The number of rotatable bonds is 5. The summed E-state index contributed by atoms with van der Waals surface area (Å²) in [5, 5.41) is 4.21. The molecule has 1 aliphatic carbocycles. The molecule has 4 aromatic rings. The number of anilines is 1. The lowest BCUT2D eigenvalue weighted by molar-refractivity contribution is 0.363. The zero-order valence-electron chi connectivity index (χ0n) is 17.0. The molecule has 1 saturated heterocycles. The van der Waals surface area contributed by atoms with Gasteiger partial charge in [0.15, 0.2) is 17.0 Å². The van der Waals surface area contributed by atoms with Gasteiger partial charge in [0.2, 0.25) is 5.89 Å². The summed E-state index contributed by atoms with van der Waals surface area (Å²) >= 11 is 0. The van der Waals surface area contributed by atoms with Crippen LogP contribution in [0.2, 0.25) is 0 Å². The molecular weight excluding hydrogens is 394 g/mol. The highest BCUT2D eigenvalue weighted by atomic mass is 16.5. The third-order valence-corrected chi connectivity index (χ3v) is 6.48. The van der Waals surface area contributed by atoms with Crippen molar-refractivity contribution in [1.82, 2.24) is 29.2 Å². The predicted molar refractivity (Wildman–Crippen MR) is 115 cm³/mol. The fourth-order valence-electron chi connectivity index (χ4n) is 4.74. The van der Waals surface area contributed by atoms with Gasteiger partial charge < -0.3 is 14.0 Å². The molecule has 9 heteroatoms. The highest BCUT2D eigenvalue weighted by molar-refractivity contribution is 5.68. The summed E-state index contributed by atoms with van der Waals surface area (Å²) in [5.41, 5.74) is 3.08. The van der Waals surface area contributed by atoms with Crippen LogP contribution >= 0.6 is 0 Å². The molecule has 156 valence electrons. The number of aromatic nitrogens is 6. The Balaban J connectivity index is 1.15. The first-order chi connectivity index (χ1) is 15.1. The molecule has 2 atom stereocenters. The van der Waals surface area contributed by atoms with Crippen molar-refractivity contribution in [1.29, 1.82) is 0 Å². The van der Waals surface area contributed by atoms with Gasteiger partial charge in [0.05, 0.1) is 6.33 Å². The van der Waals surface area contributed by atoms with Gasteiger partial charge in [-0.1, -0.05) is 29.9 Å². The van der Waals surface area contributed by atoms with Crippen molar-refractivity contribution in [3.8, 4) is 0 Å². The maximum atomic E-state index is 12.7. The lowest BCUT2D eigenvalue weighted by Gasteiger charge is -2.21. The zero-order chi connectivity index (χ0) is 21.1. The first kappa shape index (κ1) is 18.1.